The highest BCUT2D eigenvalue weighted by Gasteiger charge is 2.47. The van der Waals surface area contributed by atoms with Crippen LogP contribution in [0.2, 0.25) is 0 Å². The fraction of sp³-hybridized carbons (Fsp3) is 0.600. The van der Waals surface area contributed by atoms with Crippen molar-refractivity contribution in [2.24, 2.45) is 5.73 Å². The summed E-state index contributed by atoms with van der Waals surface area (Å²) in [6, 6.07) is 8.52. The van der Waals surface area contributed by atoms with Crippen molar-refractivity contribution in [2.75, 3.05) is 6.54 Å². The fourth-order valence-electron chi connectivity index (χ4n) is 3.62. The number of hydrogen-bond acceptors (Lipinski definition) is 2. The van der Waals surface area contributed by atoms with E-state index in [1.54, 1.807) is 0 Å². The lowest BCUT2D eigenvalue weighted by Crippen LogP contribution is -2.40. The molecular weight excluding hydrogens is 210 g/mol. The maximum atomic E-state index is 6.35. The Morgan fingerprint density at radius 1 is 1.18 bits per heavy atom. The number of nitrogens with two attached hydrogens (primary N) is 1. The molecule has 1 atom stereocenters. The van der Waals surface area contributed by atoms with Crippen molar-refractivity contribution < 1.29 is 4.74 Å². The summed E-state index contributed by atoms with van der Waals surface area (Å²) in [5, 5.41) is 0. The second-order valence-corrected chi connectivity index (χ2v) is 5.40. The Kier molecular flexibility index (Phi) is 2.83. The quantitative estimate of drug-likeness (QED) is 0.848. The first-order chi connectivity index (χ1) is 8.36. The zero-order valence-corrected chi connectivity index (χ0v) is 10.3. The third-order valence-electron chi connectivity index (χ3n) is 4.40. The van der Waals surface area contributed by atoms with E-state index in [9.17, 15) is 0 Å². The van der Waals surface area contributed by atoms with E-state index >= 15 is 0 Å². The molecule has 1 spiro atoms. The van der Waals surface area contributed by atoms with Gasteiger partial charge >= 0.3 is 0 Å². The van der Waals surface area contributed by atoms with Crippen LogP contribution in [0.4, 0.5) is 0 Å². The Morgan fingerprint density at radius 2 is 1.94 bits per heavy atom. The molecule has 2 nitrogen and oxygen atoms in total. The molecule has 1 aliphatic carbocycles. The van der Waals surface area contributed by atoms with Gasteiger partial charge in [-0.3, -0.25) is 0 Å². The van der Waals surface area contributed by atoms with Gasteiger partial charge in [0.25, 0.3) is 0 Å². The molecule has 0 saturated heterocycles. The van der Waals surface area contributed by atoms with E-state index in [4.69, 9.17) is 10.5 Å². The molecule has 17 heavy (non-hydrogen) atoms. The van der Waals surface area contributed by atoms with E-state index in [1.165, 1.54) is 37.7 Å². The summed E-state index contributed by atoms with van der Waals surface area (Å²) in [6.07, 6.45) is 7.41. The van der Waals surface area contributed by atoms with Gasteiger partial charge in [-0.2, -0.15) is 0 Å². The van der Waals surface area contributed by atoms with Crippen LogP contribution in [0.3, 0.4) is 0 Å². The van der Waals surface area contributed by atoms with Gasteiger partial charge in [0.15, 0.2) is 0 Å². The molecule has 1 fully saturated rings. The molecule has 2 heteroatoms. The predicted molar refractivity (Wildman–Crippen MR) is 69.3 cm³/mol. The molecule has 1 aliphatic heterocycles. The molecule has 3 rings (SSSR count). The molecule has 0 amide bonds. The molecule has 1 heterocycles. The minimum absolute atomic E-state index is 0.0707. The van der Waals surface area contributed by atoms with Crippen LogP contribution in [-0.2, 0) is 0 Å². The van der Waals surface area contributed by atoms with Crippen molar-refractivity contribution in [1.82, 2.24) is 0 Å². The standard InChI is InChI=1S/C15H21NO/c16-11-8-13-12-6-2-3-7-14(12)17-15(13)9-4-1-5-10-15/h2-3,6-7,13H,1,4-5,8-11,16H2. The number of hydrogen-bond donors (Lipinski definition) is 1. The SMILES string of the molecule is NCCC1c2ccccc2OC12CCCCC2. The largest absolute Gasteiger partial charge is 0.486 e. The lowest BCUT2D eigenvalue weighted by atomic mass is 9.73. The monoisotopic (exact) mass is 231 g/mol. The van der Waals surface area contributed by atoms with Gasteiger partial charge in [-0.15, -0.1) is 0 Å². The van der Waals surface area contributed by atoms with Gasteiger partial charge in [0, 0.05) is 11.5 Å². The molecule has 1 saturated carbocycles. The minimum Gasteiger partial charge on any atom is -0.486 e. The predicted octanol–water partition coefficient (Wildman–Crippen LogP) is 3.21. The van der Waals surface area contributed by atoms with E-state index in [-0.39, 0.29) is 5.60 Å². The second kappa shape index (κ2) is 4.34. The molecule has 1 aromatic carbocycles. The molecule has 2 N–H and O–H groups in total. The van der Waals surface area contributed by atoms with Gasteiger partial charge in [0.1, 0.15) is 11.4 Å². The van der Waals surface area contributed by atoms with E-state index in [0.29, 0.717) is 5.92 Å². The van der Waals surface area contributed by atoms with Crippen molar-refractivity contribution in [1.29, 1.82) is 0 Å². The van der Waals surface area contributed by atoms with Crippen molar-refractivity contribution in [3.63, 3.8) is 0 Å². The third-order valence-corrected chi connectivity index (χ3v) is 4.40. The number of benzene rings is 1. The number of rotatable bonds is 2. The molecule has 0 aromatic heterocycles. The van der Waals surface area contributed by atoms with Gasteiger partial charge in [-0.25, -0.2) is 0 Å². The van der Waals surface area contributed by atoms with Crippen LogP contribution >= 0.6 is 0 Å². The smallest absolute Gasteiger partial charge is 0.123 e. The Hall–Kier alpha value is -1.02. The first-order valence-corrected chi connectivity index (χ1v) is 6.84. The van der Waals surface area contributed by atoms with Gasteiger partial charge in [-0.1, -0.05) is 24.6 Å². The van der Waals surface area contributed by atoms with Crippen LogP contribution in [0.15, 0.2) is 24.3 Å². The molecular formula is C15H21NO. The highest BCUT2D eigenvalue weighted by atomic mass is 16.5. The van der Waals surface area contributed by atoms with E-state index in [0.717, 1.165) is 18.7 Å². The molecule has 0 bridgehead atoms. The van der Waals surface area contributed by atoms with Crippen molar-refractivity contribution in [3.05, 3.63) is 29.8 Å². The van der Waals surface area contributed by atoms with E-state index < -0.39 is 0 Å². The zero-order valence-electron chi connectivity index (χ0n) is 10.3. The topological polar surface area (TPSA) is 35.2 Å². The number of fused-ring (bicyclic) bond motifs is 1. The van der Waals surface area contributed by atoms with E-state index in [1.807, 2.05) is 0 Å². The van der Waals surface area contributed by atoms with Gasteiger partial charge < -0.3 is 10.5 Å². The van der Waals surface area contributed by atoms with Crippen LogP contribution in [0.25, 0.3) is 0 Å². The lowest BCUT2D eigenvalue weighted by Gasteiger charge is -2.38. The normalized spacial score (nSPS) is 25.6. The lowest BCUT2D eigenvalue weighted by molar-refractivity contribution is 0.0269. The van der Waals surface area contributed by atoms with Crippen LogP contribution in [-0.4, -0.2) is 12.1 Å². The summed E-state index contributed by atoms with van der Waals surface area (Å²) in [4.78, 5) is 0. The molecule has 1 aromatic rings. The average Bonchev–Trinajstić information content (AvgIpc) is 2.65. The zero-order chi connectivity index (χ0) is 11.7. The maximum Gasteiger partial charge on any atom is 0.123 e. The Morgan fingerprint density at radius 3 is 2.71 bits per heavy atom. The van der Waals surface area contributed by atoms with Crippen molar-refractivity contribution >= 4 is 0 Å². The van der Waals surface area contributed by atoms with Crippen LogP contribution < -0.4 is 10.5 Å². The van der Waals surface area contributed by atoms with Crippen molar-refractivity contribution in [2.45, 2.75) is 50.0 Å². The fourth-order valence-corrected chi connectivity index (χ4v) is 3.62. The first-order valence-electron chi connectivity index (χ1n) is 6.84. The summed E-state index contributed by atoms with van der Waals surface area (Å²) < 4.78 is 6.35. The van der Waals surface area contributed by atoms with Crippen LogP contribution in [0.1, 0.15) is 50.0 Å². The number of para-hydroxylation sites is 1. The third kappa shape index (κ3) is 1.75. The first kappa shape index (κ1) is 11.1. The summed E-state index contributed by atoms with van der Waals surface area (Å²) in [5.41, 5.74) is 7.26. The average molecular weight is 231 g/mol. The van der Waals surface area contributed by atoms with Crippen LogP contribution in [0.5, 0.6) is 5.75 Å². The summed E-state index contributed by atoms with van der Waals surface area (Å²) in [6.45, 7) is 0.754. The molecule has 2 aliphatic rings. The number of ether oxygens (including phenoxy) is 1. The summed E-state index contributed by atoms with van der Waals surface area (Å²) in [5.74, 6) is 1.62. The second-order valence-electron chi connectivity index (χ2n) is 5.40. The van der Waals surface area contributed by atoms with Gasteiger partial charge in [-0.05, 0) is 44.7 Å². The highest BCUT2D eigenvalue weighted by molar-refractivity contribution is 5.43. The van der Waals surface area contributed by atoms with Crippen molar-refractivity contribution in [3.8, 4) is 5.75 Å². The maximum absolute atomic E-state index is 6.35. The molecule has 1 unspecified atom stereocenters. The molecule has 92 valence electrons. The van der Waals surface area contributed by atoms with Gasteiger partial charge in [0.2, 0.25) is 0 Å². The summed E-state index contributed by atoms with van der Waals surface area (Å²) >= 11 is 0. The Bertz CT molecular complexity index is 396. The van der Waals surface area contributed by atoms with Crippen LogP contribution in [0, 0.1) is 0 Å². The highest BCUT2D eigenvalue weighted by Crippen LogP contribution is 2.52. The van der Waals surface area contributed by atoms with Gasteiger partial charge in [0.05, 0.1) is 0 Å². The Balaban J connectivity index is 1.96. The van der Waals surface area contributed by atoms with E-state index in [2.05, 4.69) is 24.3 Å². The summed E-state index contributed by atoms with van der Waals surface area (Å²) in [7, 11) is 0. The Labute approximate surface area is 103 Å². The molecule has 0 radical (unpaired) electrons. The minimum atomic E-state index is 0.0707.